The largest absolute Gasteiger partial charge is 0.394 e. The van der Waals surface area contributed by atoms with Crippen molar-refractivity contribution >= 4 is 0 Å². The van der Waals surface area contributed by atoms with Gasteiger partial charge in [0.2, 0.25) is 0 Å². The minimum absolute atomic E-state index is 0.00327. The van der Waals surface area contributed by atoms with E-state index in [-0.39, 0.29) is 6.61 Å². The number of unbranched alkanes of at least 4 members (excludes halogenated alkanes) is 1. The molecular weight excluding hydrogens is 248 g/mol. The molecular formula is C17H28N2O. The van der Waals surface area contributed by atoms with Gasteiger partial charge in [0.15, 0.2) is 0 Å². The van der Waals surface area contributed by atoms with Crippen LogP contribution in [0.3, 0.4) is 0 Å². The highest BCUT2D eigenvalue weighted by molar-refractivity contribution is 5.24. The lowest BCUT2D eigenvalue weighted by Crippen LogP contribution is -2.44. The van der Waals surface area contributed by atoms with Crippen LogP contribution in [0.4, 0.5) is 0 Å². The summed E-state index contributed by atoms with van der Waals surface area (Å²) in [7, 11) is 0. The number of aliphatic hydroxyl groups is 1. The van der Waals surface area contributed by atoms with Gasteiger partial charge in [0.05, 0.1) is 12.1 Å². The Morgan fingerprint density at radius 2 is 1.95 bits per heavy atom. The molecule has 112 valence electrons. The third-order valence-electron chi connectivity index (χ3n) is 4.34. The van der Waals surface area contributed by atoms with Crippen molar-refractivity contribution in [2.24, 2.45) is 5.73 Å². The highest BCUT2D eigenvalue weighted by atomic mass is 16.3. The average molecular weight is 276 g/mol. The van der Waals surface area contributed by atoms with E-state index in [1.807, 2.05) is 30.3 Å². The molecule has 0 spiro atoms. The molecule has 0 radical (unpaired) electrons. The standard InChI is InChI=1S/C17H28N2O/c1-2-3-12-19(16-9-10-16)13-11-17(18,14-20)15-7-5-4-6-8-15/h4-8,16,20H,2-3,9-14,18H2,1H3. The van der Waals surface area contributed by atoms with Gasteiger partial charge in [-0.3, -0.25) is 0 Å². The Morgan fingerprint density at radius 1 is 1.25 bits per heavy atom. The van der Waals surface area contributed by atoms with E-state index < -0.39 is 5.54 Å². The number of rotatable bonds is 9. The Hall–Kier alpha value is -0.900. The summed E-state index contributed by atoms with van der Waals surface area (Å²) in [6, 6.07) is 10.8. The number of aliphatic hydroxyl groups excluding tert-OH is 1. The molecule has 1 unspecified atom stereocenters. The number of nitrogens with two attached hydrogens (primary N) is 1. The van der Waals surface area contributed by atoms with Gasteiger partial charge in [-0.05, 0) is 37.8 Å². The summed E-state index contributed by atoms with van der Waals surface area (Å²) < 4.78 is 0. The molecule has 1 aromatic carbocycles. The molecule has 3 heteroatoms. The molecule has 0 amide bonds. The fourth-order valence-corrected chi connectivity index (χ4v) is 2.71. The van der Waals surface area contributed by atoms with Crippen molar-refractivity contribution in [3.05, 3.63) is 35.9 Å². The Balaban J connectivity index is 1.95. The normalized spacial score (nSPS) is 18.2. The van der Waals surface area contributed by atoms with Gasteiger partial charge in [-0.1, -0.05) is 43.7 Å². The second kappa shape index (κ2) is 7.21. The van der Waals surface area contributed by atoms with E-state index in [0.29, 0.717) is 0 Å². The molecule has 1 fully saturated rings. The molecule has 3 nitrogen and oxygen atoms in total. The van der Waals surface area contributed by atoms with E-state index in [1.54, 1.807) is 0 Å². The lowest BCUT2D eigenvalue weighted by atomic mass is 9.88. The fourth-order valence-electron chi connectivity index (χ4n) is 2.71. The number of nitrogens with zero attached hydrogens (tertiary/aromatic N) is 1. The van der Waals surface area contributed by atoms with Crippen molar-refractivity contribution < 1.29 is 5.11 Å². The minimum atomic E-state index is -0.611. The predicted octanol–water partition coefficient (Wildman–Crippen LogP) is 2.49. The van der Waals surface area contributed by atoms with E-state index in [4.69, 9.17) is 5.73 Å². The van der Waals surface area contributed by atoms with Crippen LogP contribution >= 0.6 is 0 Å². The summed E-state index contributed by atoms with van der Waals surface area (Å²) in [5, 5.41) is 9.74. The molecule has 0 aliphatic heterocycles. The van der Waals surface area contributed by atoms with E-state index in [9.17, 15) is 5.11 Å². The molecule has 0 saturated heterocycles. The molecule has 3 N–H and O–H groups in total. The summed E-state index contributed by atoms with van der Waals surface area (Å²) in [5.41, 5.74) is 6.86. The highest BCUT2D eigenvalue weighted by Crippen LogP contribution is 2.29. The van der Waals surface area contributed by atoms with Crippen molar-refractivity contribution in [3.63, 3.8) is 0 Å². The van der Waals surface area contributed by atoms with E-state index >= 15 is 0 Å². The van der Waals surface area contributed by atoms with Crippen molar-refractivity contribution in [1.82, 2.24) is 4.90 Å². The summed E-state index contributed by atoms with van der Waals surface area (Å²) in [4.78, 5) is 2.56. The smallest absolute Gasteiger partial charge is 0.0656 e. The van der Waals surface area contributed by atoms with Crippen molar-refractivity contribution in [1.29, 1.82) is 0 Å². The SMILES string of the molecule is CCCCN(CCC(N)(CO)c1ccccc1)C1CC1. The van der Waals surface area contributed by atoms with Gasteiger partial charge in [-0.15, -0.1) is 0 Å². The van der Waals surface area contributed by atoms with Crippen molar-refractivity contribution in [2.45, 2.75) is 50.6 Å². The zero-order valence-electron chi connectivity index (χ0n) is 12.6. The van der Waals surface area contributed by atoms with Gasteiger partial charge in [0.1, 0.15) is 0 Å². The number of hydrogen-bond donors (Lipinski definition) is 2. The topological polar surface area (TPSA) is 49.5 Å². The molecule has 20 heavy (non-hydrogen) atoms. The third-order valence-corrected chi connectivity index (χ3v) is 4.34. The van der Waals surface area contributed by atoms with Gasteiger partial charge in [0.25, 0.3) is 0 Å². The lowest BCUT2D eigenvalue weighted by molar-refractivity contribution is 0.159. The minimum Gasteiger partial charge on any atom is -0.394 e. The maximum Gasteiger partial charge on any atom is 0.0656 e. The monoisotopic (exact) mass is 276 g/mol. The molecule has 1 aliphatic rings. The first kappa shape index (κ1) is 15.5. The van der Waals surface area contributed by atoms with Crippen LogP contribution in [0.15, 0.2) is 30.3 Å². The Kier molecular flexibility index (Phi) is 5.58. The van der Waals surface area contributed by atoms with Crippen LogP contribution in [0.1, 0.15) is 44.6 Å². The molecule has 1 atom stereocenters. The van der Waals surface area contributed by atoms with Crippen LogP contribution in [0.5, 0.6) is 0 Å². The van der Waals surface area contributed by atoms with Crippen molar-refractivity contribution in [3.8, 4) is 0 Å². The van der Waals surface area contributed by atoms with Gasteiger partial charge in [-0.2, -0.15) is 0 Å². The van der Waals surface area contributed by atoms with Crippen LogP contribution in [0, 0.1) is 0 Å². The Labute approximate surface area is 122 Å². The maximum atomic E-state index is 9.74. The highest BCUT2D eigenvalue weighted by Gasteiger charge is 2.32. The summed E-state index contributed by atoms with van der Waals surface area (Å²) in [6.07, 6.45) is 5.94. The first-order valence-electron chi connectivity index (χ1n) is 7.89. The van der Waals surface area contributed by atoms with Crippen LogP contribution in [0.2, 0.25) is 0 Å². The fraction of sp³-hybridized carbons (Fsp3) is 0.647. The molecule has 0 aromatic heterocycles. The molecule has 0 heterocycles. The lowest BCUT2D eigenvalue weighted by Gasteiger charge is -2.31. The zero-order valence-corrected chi connectivity index (χ0v) is 12.6. The second-order valence-electron chi connectivity index (χ2n) is 6.05. The van der Waals surface area contributed by atoms with Gasteiger partial charge >= 0.3 is 0 Å². The molecule has 0 bridgehead atoms. The van der Waals surface area contributed by atoms with Gasteiger partial charge in [-0.25, -0.2) is 0 Å². The van der Waals surface area contributed by atoms with Crippen LogP contribution in [-0.4, -0.2) is 35.7 Å². The first-order valence-corrected chi connectivity index (χ1v) is 7.89. The van der Waals surface area contributed by atoms with Crippen LogP contribution in [-0.2, 0) is 5.54 Å². The number of hydrogen-bond acceptors (Lipinski definition) is 3. The van der Waals surface area contributed by atoms with Crippen LogP contribution in [0.25, 0.3) is 0 Å². The molecule has 1 aromatic rings. The van der Waals surface area contributed by atoms with E-state index in [0.717, 1.165) is 31.1 Å². The summed E-state index contributed by atoms with van der Waals surface area (Å²) in [6.45, 7) is 4.38. The quantitative estimate of drug-likeness (QED) is 0.728. The summed E-state index contributed by atoms with van der Waals surface area (Å²) in [5.74, 6) is 0. The molecule has 2 rings (SSSR count). The van der Waals surface area contributed by atoms with Crippen LogP contribution < -0.4 is 5.73 Å². The van der Waals surface area contributed by atoms with Crippen molar-refractivity contribution in [2.75, 3.05) is 19.7 Å². The zero-order chi connectivity index (χ0) is 14.4. The maximum absolute atomic E-state index is 9.74. The molecule has 1 saturated carbocycles. The Morgan fingerprint density at radius 3 is 2.50 bits per heavy atom. The van der Waals surface area contributed by atoms with E-state index in [1.165, 1.54) is 25.7 Å². The average Bonchev–Trinajstić information content (AvgIpc) is 3.32. The number of benzene rings is 1. The van der Waals surface area contributed by atoms with E-state index in [2.05, 4.69) is 11.8 Å². The Bertz CT molecular complexity index is 391. The first-order chi connectivity index (χ1) is 9.69. The van der Waals surface area contributed by atoms with Gasteiger partial charge in [0, 0.05) is 12.6 Å². The predicted molar refractivity (Wildman–Crippen MR) is 83.5 cm³/mol. The summed E-state index contributed by atoms with van der Waals surface area (Å²) >= 11 is 0. The molecule has 1 aliphatic carbocycles. The second-order valence-corrected chi connectivity index (χ2v) is 6.05. The third kappa shape index (κ3) is 4.05. The van der Waals surface area contributed by atoms with Gasteiger partial charge < -0.3 is 15.7 Å².